The first-order valence-electron chi connectivity index (χ1n) is 12.5. The first kappa shape index (κ1) is 26.9. The summed E-state index contributed by atoms with van der Waals surface area (Å²) in [5.74, 6) is -2.43. The van der Waals surface area contributed by atoms with Crippen molar-refractivity contribution in [1.82, 2.24) is 15.5 Å². The molecule has 1 heterocycles. The SMILES string of the molecule is CC(C)OC(=O)N[C@H](C(=O)N1C[C@H]2[C@@H]([C@H]1C(=O)NC(CC1CC1)C(=O)C(N)=O)C2(C)C)C(C)(C)C. The lowest BCUT2D eigenvalue weighted by Crippen LogP contribution is -2.60. The molecule has 0 spiro atoms. The van der Waals surface area contributed by atoms with Gasteiger partial charge in [-0.1, -0.05) is 47.5 Å². The maximum absolute atomic E-state index is 13.8. The van der Waals surface area contributed by atoms with Crippen LogP contribution in [0.5, 0.6) is 0 Å². The van der Waals surface area contributed by atoms with Gasteiger partial charge in [-0.15, -0.1) is 0 Å². The van der Waals surface area contributed by atoms with Crippen molar-refractivity contribution in [3.05, 3.63) is 0 Å². The summed E-state index contributed by atoms with van der Waals surface area (Å²) in [7, 11) is 0. The predicted octanol–water partition coefficient (Wildman–Crippen LogP) is 1.36. The molecule has 196 valence electrons. The summed E-state index contributed by atoms with van der Waals surface area (Å²) in [6.45, 7) is 13.4. The van der Waals surface area contributed by atoms with E-state index in [-0.39, 0.29) is 35.2 Å². The molecule has 10 nitrogen and oxygen atoms in total. The van der Waals surface area contributed by atoms with E-state index in [0.29, 0.717) is 13.0 Å². The van der Waals surface area contributed by atoms with Crippen molar-refractivity contribution in [1.29, 1.82) is 0 Å². The van der Waals surface area contributed by atoms with Crippen molar-refractivity contribution < 1.29 is 28.7 Å². The highest BCUT2D eigenvalue weighted by atomic mass is 16.6. The molecule has 1 saturated heterocycles. The van der Waals surface area contributed by atoms with E-state index in [1.807, 2.05) is 20.8 Å². The number of amides is 4. The van der Waals surface area contributed by atoms with E-state index in [2.05, 4.69) is 24.5 Å². The molecular weight excluding hydrogens is 452 g/mol. The molecule has 2 saturated carbocycles. The minimum Gasteiger partial charge on any atom is -0.447 e. The van der Waals surface area contributed by atoms with Crippen LogP contribution in [0.15, 0.2) is 0 Å². The number of ketones is 1. The third-order valence-electron chi connectivity index (χ3n) is 7.62. The summed E-state index contributed by atoms with van der Waals surface area (Å²) < 4.78 is 5.19. The van der Waals surface area contributed by atoms with Gasteiger partial charge in [0.25, 0.3) is 5.91 Å². The quantitative estimate of drug-likeness (QED) is 0.414. The number of nitrogens with zero attached hydrogens (tertiary/aromatic N) is 1. The van der Waals surface area contributed by atoms with Crippen molar-refractivity contribution in [2.75, 3.05) is 6.54 Å². The average molecular weight is 493 g/mol. The molecule has 2 aliphatic carbocycles. The van der Waals surface area contributed by atoms with Crippen LogP contribution in [-0.2, 0) is 23.9 Å². The third-order valence-corrected chi connectivity index (χ3v) is 7.62. The van der Waals surface area contributed by atoms with Crippen LogP contribution in [0.1, 0.15) is 67.7 Å². The highest BCUT2D eigenvalue weighted by Crippen LogP contribution is 2.65. The van der Waals surface area contributed by atoms with Crippen molar-refractivity contribution in [3.63, 3.8) is 0 Å². The van der Waals surface area contributed by atoms with Gasteiger partial charge in [-0.2, -0.15) is 0 Å². The minimum atomic E-state index is -1.08. The number of hydrogen-bond acceptors (Lipinski definition) is 6. The summed E-state index contributed by atoms with van der Waals surface area (Å²) in [4.78, 5) is 65.2. The Morgan fingerprint density at radius 2 is 1.69 bits per heavy atom. The molecule has 1 aliphatic heterocycles. The smallest absolute Gasteiger partial charge is 0.408 e. The number of piperidine rings is 1. The summed E-state index contributed by atoms with van der Waals surface area (Å²) in [6, 6.07) is -2.72. The fourth-order valence-corrected chi connectivity index (χ4v) is 5.34. The fourth-order valence-electron chi connectivity index (χ4n) is 5.34. The van der Waals surface area contributed by atoms with E-state index in [9.17, 15) is 24.0 Å². The molecule has 0 aromatic rings. The number of likely N-dealkylation sites (tertiary alicyclic amines) is 1. The highest BCUT2D eigenvalue weighted by Gasteiger charge is 2.70. The van der Waals surface area contributed by atoms with E-state index < -0.39 is 47.2 Å². The number of nitrogens with two attached hydrogens (primary N) is 1. The Morgan fingerprint density at radius 1 is 1.09 bits per heavy atom. The van der Waals surface area contributed by atoms with Gasteiger partial charge in [0.15, 0.2) is 0 Å². The Hall–Kier alpha value is -2.65. The molecule has 0 aromatic heterocycles. The number of fused-ring (bicyclic) bond motifs is 1. The predicted molar refractivity (Wildman–Crippen MR) is 128 cm³/mol. The molecule has 0 bridgehead atoms. The maximum atomic E-state index is 13.8. The second kappa shape index (κ2) is 9.43. The maximum Gasteiger partial charge on any atom is 0.408 e. The number of carbonyl (C=O) groups is 5. The highest BCUT2D eigenvalue weighted by molar-refractivity contribution is 6.37. The van der Waals surface area contributed by atoms with Crippen molar-refractivity contribution in [3.8, 4) is 0 Å². The number of ether oxygens (including phenoxy) is 1. The van der Waals surface area contributed by atoms with Gasteiger partial charge in [0.1, 0.15) is 12.1 Å². The molecule has 10 heteroatoms. The van der Waals surface area contributed by atoms with E-state index in [1.165, 1.54) is 4.90 Å². The summed E-state index contributed by atoms with van der Waals surface area (Å²) in [5, 5.41) is 5.42. The van der Waals surface area contributed by atoms with Gasteiger partial charge in [0.2, 0.25) is 17.6 Å². The number of hydrogen-bond donors (Lipinski definition) is 3. The summed E-state index contributed by atoms with van der Waals surface area (Å²) in [6.07, 6.45) is 1.19. The Bertz CT molecular complexity index is 904. The van der Waals surface area contributed by atoms with Crippen LogP contribution in [0.25, 0.3) is 0 Å². The molecule has 0 aromatic carbocycles. The van der Waals surface area contributed by atoms with Crippen molar-refractivity contribution in [2.45, 2.75) is 92.0 Å². The van der Waals surface area contributed by atoms with Gasteiger partial charge >= 0.3 is 6.09 Å². The van der Waals surface area contributed by atoms with Gasteiger partial charge in [0, 0.05) is 6.54 Å². The average Bonchev–Trinajstić information content (AvgIpc) is 3.56. The topological polar surface area (TPSA) is 148 Å². The molecule has 3 rings (SSSR count). The first-order valence-corrected chi connectivity index (χ1v) is 12.5. The van der Waals surface area contributed by atoms with Crippen molar-refractivity contribution >= 4 is 29.6 Å². The molecule has 0 radical (unpaired) electrons. The van der Waals surface area contributed by atoms with Crippen LogP contribution in [0.2, 0.25) is 0 Å². The Morgan fingerprint density at radius 3 is 2.17 bits per heavy atom. The van der Waals surface area contributed by atoms with Crippen LogP contribution >= 0.6 is 0 Å². The van der Waals surface area contributed by atoms with Gasteiger partial charge < -0.3 is 26.0 Å². The number of carbonyl (C=O) groups excluding carboxylic acids is 5. The standard InChI is InChI=1S/C25H40N4O6/c1-12(2)35-23(34)28-19(24(3,4)5)22(33)29-11-14-16(25(14,6)7)17(29)21(32)27-15(10-13-8-9-13)18(30)20(26)31/h12-17,19H,8-11H2,1-7H3,(H2,26,31)(H,27,32)(H,28,34)/t14-,15?,16-,17-,19+/m0/s1. The number of primary amides is 1. The largest absolute Gasteiger partial charge is 0.447 e. The van der Waals surface area contributed by atoms with E-state index in [1.54, 1.807) is 13.8 Å². The van der Waals surface area contributed by atoms with Crippen LogP contribution < -0.4 is 16.4 Å². The van der Waals surface area contributed by atoms with Crippen LogP contribution in [0.3, 0.4) is 0 Å². The van der Waals surface area contributed by atoms with E-state index in [4.69, 9.17) is 10.5 Å². The minimum absolute atomic E-state index is 0.0834. The molecule has 3 aliphatic rings. The van der Waals surface area contributed by atoms with Gasteiger partial charge in [-0.25, -0.2) is 4.79 Å². The molecule has 1 unspecified atom stereocenters. The number of Topliss-reactive ketones (excluding diaryl/α,β-unsaturated/α-hetero) is 1. The molecular formula is C25H40N4O6. The van der Waals surface area contributed by atoms with E-state index >= 15 is 0 Å². The Balaban J connectivity index is 1.83. The monoisotopic (exact) mass is 492 g/mol. The normalized spacial score (nSPS) is 26.4. The number of rotatable bonds is 9. The first-order chi connectivity index (χ1) is 16.1. The molecule has 4 amide bonds. The lowest BCUT2D eigenvalue weighted by Gasteiger charge is -2.37. The number of alkyl carbamates (subject to hydrolysis) is 1. The van der Waals surface area contributed by atoms with Crippen LogP contribution in [-0.4, -0.2) is 65.3 Å². The molecule has 5 atom stereocenters. The van der Waals surface area contributed by atoms with Crippen LogP contribution in [0, 0.1) is 28.6 Å². The van der Waals surface area contributed by atoms with Gasteiger partial charge in [-0.3, -0.25) is 19.2 Å². The van der Waals surface area contributed by atoms with Crippen molar-refractivity contribution in [2.24, 2.45) is 34.3 Å². The zero-order valence-corrected chi connectivity index (χ0v) is 21.8. The fraction of sp³-hybridized carbons (Fsp3) is 0.800. The molecule has 35 heavy (non-hydrogen) atoms. The summed E-state index contributed by atoms with van der Waals surface area (Å²) in [5.41, 5.74) is 4.44. The van der Waals surface area contributed by atoms with Gasteiger partial charge in [-0.05, 0) is 48.9 Å². The lowest BCUT2D eigenvalue weighted by atomic mass is 9.85. The molecule has 4 N–H and O–H groups in total. The van der Waals surface area contributed by atoms with Crippen LogP contribution in [0.4, 0.5) is 4.79 Å². The second-order valence-electron chi connectivity index (χ2n) is 12.3. The Kier molecular flexibility index (Phi) is 7.26. The van der Waals surface area contributed by atoms with E-state index in [0.717, 1.165) is 12.8 Å². The zero-order valence-electron chi connectivity index (χ0n) is 21.8. The lowest BCUT2D eigenvalue weighted by molar-refractivity contribution is -0.145. The second-order valence-corrected chi connectivity index (χ2v) is 12.3. The number of nitrogens with one attached hydrogen (secondary N) is 2. The zero-order chi connectivity index (χ0) is 26.5. The molecule has 3 fully saturated rings. The summed E-state index contributed by atoms with van der Waals surface area (Å²) >= 11 is 0. The Labute approximate surface area is 207 Å². The third kappa shape index (κ3) is 5.78. The van der Waals surface area contributed by atoms with Gasteiger partial charge in [0.05, 0.1) is 12.1 Å².